The number of benzene rings is 1. The van der Waals surface area contributed by atoms with Crippen molar-refractivity contribution in [3.63, 3.8) is 0 Å². The molecule has 21 heavy (non-hydrogen) atoms. The Morgan fingerprint density at radius 3 is 2.90 bits per heavy atom. The second-order valence-electron chi connectivity index (χ2n) is 4.34. The van der Waals surface area contributed by atoms with Crippen molar-refractivity contribution in [3.05, 3.63) is 28.7 Å². The first kappa shape index (κ1) is 15.8. The van der Waals surface area contributed by atoms with Gasteiger partial charge in [0.2, 0.25) is 0 Å². The summed E-state index contributed by atoms with van der Waals surface area (Å²) in [6, 6.07) is 4.85. The Morgan fingerprint density at radius 1 is 1.48 bits per heavy atom. The number of aromatic hydroxyl groups is 1. The van der Waals surface area contributed by atoms with Crippen molar-refractivity contribution in [2.24, 2.45) is 0 Å². The number of phenols is 1. The third kappa shape index (κ3) is 3.55. The molecule has 1 aromatic carbocycles. The first-order valence-corrected chi connectivity index (χ1v) is 7.52. The minimum atomic E-state index is -0.162. The zero-order chi connectivity index (χ0) is 15.4. The normalized spacial score (nSPS) is 16.9. The fraction of sp³-hybridized carbons (Fsp3) is 0.286. The van der Waals surface area contributed by atoms with Gasteiger partial charge in [0.05, 0.1) is 12.0 Å². The fourth-order valence-electron chi connectivity index (χ4n) is 1.86. The molecule has 1 aromatic rings. The quantitative estimate of drug-likeness (QED) is 0.637. The first-order valence-electron chi connectivity index (χ1n) is 6.30. The highest BCUT2D eigenvalue weighted by molar-refractivity contribution is 8.26. The zero-order valence-electron chi connectivity index (χ0n) is 11.4. The monoisotopic (exact) mass is 325 g/mol. The standard InChI is InChI=1S/C14H15NO4S2/c1-19-11-7-9(3-4-10(11)17)8-12-13(18)15(5-2-6-16)14(20)21-12/h3-4,7-8,16-17H,2,5-6H2,1H3/b12-8-. The number of nitrogens with zero attached hydrogens (tertiary/aromatic N) is 1. The summed E-state index contributed by atoms with van der Waals surface area (Å²) in [5.74, 6) is 0.232. The van der Waals surface area contributed by atoms with E-state index < -0.39 is 0 Å². The van der Waals surface area contributed by atoms with Gasteiger partial charge in [-0.1, -0.05) is 30.0 Å². The molecule has 2 rings (SSSR count). The van der Waals surface area contributed by atoms with Crippen LogP contribution in [0.1, 0.15) is 12.0 Å². The molecule has 5 nitrogen and oxygen atoms in total. The Hall–Kier alpha value is -1.57. The Labute approximate surface area is 132 Å². The molecule has 7 heteroatoms. The number of amides is 1. The molecule has 0 unspecified atom stereocenters. The van der Waals surface area contributed by atoms with Crippen molar-refractivity contribution in [3.8, 4) is 11.5 Å². The maximum absolute atomic E-state index is 12.2. The van der Waals surface area contributed by atoms with Gasteiger partial charge >= 0.3 is 0 Å². The number of thioether (sulfide) groups is 1. The van der Waals surface area contributed by atoms with Gasteiger partial charge in [0.15, 0.2) is 11.5 Å². The van der Waals surface area contributed by atoms with Crippen molar-refractivity contribution in [1.29, 1.82) is 0 Å². The average molecular weight is 325 g/mol. The molecule has 1 fully saturated rings. The lowest BCUT2D eigenvalue weighted by Gasteiger charge is -2.12. The number of carbonyl (C=O) groups excluding carboxylic acids is 1. The van der Waals surface area contributed by atoms with E-state index >= 15 is 0 Å². The topological polar surface area (TPSA) is 70.0 Å². The molecule has 0 spiro atoms. The number of aliphatic hydroxyl groups excluding tert-OH is 1. The number of carbonyl (C=O) groups is 1. The number of hydrogen-bond donors (Lipinski definition) is 2. The van der Waals surface area contributed by atoms with Gasteiger partial charge in [-0.05, 0) is 30.2 Å². The van der Waals surface area contributed by atoms with Crippen molar-refractivity contribution in [2.75, 3.05) is 20.3 Å². The van der Waals surface area contributed by atoms with Crippen LogP contribution in [0.15, 0.2) is 23.1 Å². The number of phenolic OH excluding ortho intramolecular Hbond substituents is 1. The van der Waals surface area contributed by atoms with Crippen LogP contribution in [0.2, 0.25) is 0 Å². The second-order valence-corrected chi connectivity index (χ2v) is 6.02. The van der Waals surface area contributed by atoms with Gasteiger partial charge in [-0.15, -0.1) is 0 Å². The summed E-state index contributed by atoms with van der Waals surface area (Å²) in [6.45, 7) is 0.433. The maximum atomic E-state index is 12.2. The van der Waals surface area contributed by atoms with Gasteiger partial charge in [-0.25, -0.2) is 0 Å². The summed E-state index contributed by atoms with van der Waals surface area (Å²) in [6.07, 6.45) is 2.20. The van der Waals surface area contributed by atoms with Crippen LogP contribution >= 0.6 is 24.0 Å². The fourth-order valence-corrected chi connectivity index (χ4v) is 3.17. The molecule has 1 amide bonds. The van der Waals surface area contributed by atoms with Crippen molar-refractivity contribution in [1.82, 2.24) is 4.90 Å². The molecular weight excluding hydrogens is 310 g/mol. The predicted octanol–water partition coefficient (Wildman–Crippen LogP) is 1.98. The number of hydrogen-bond acceptors (Lipinski definition) is 6. The lowest BCUT2D eigenvalue weighted by molar-refractivity contribution is -0.122. The van der Waals surface area contributed by atoms with E-state index in [1.165, 1.54) is 29.8 Å². The van der Waals surface area contributed by atoms with Crippen molar-refractivity contribution < 1.29 is 19.7 Å². The van der Waals surface area contributed by atoms with Crippen LogP contribution in [-0.4, -0.2) is 45.6 Å². The summed E-state index contributed by atoms with van der Waals surface area (Å²) in [4.78, 5) is 14.2. The van der Waals surface area contributed by atoms with E-state index in [0.717, 1.165) is 5.56 Å². The summed E-state index contributed by atoms with van der Waals surface area (Å²) in [7, 11) is 1.47. The molecule has 0 bridgehead atoms. The van der Waals surface area contributed by atoms with E-state index in [2.05, 4.69) is 0 Å². The Morgan fingerprint density at radius 2 is 2.24 bits per heavy atom. The van der Waals surface area contributed by atoms with Crippen LogP contribution in [0, 0.1) is 0 Å². The number of aliphatic hydroxyl groups is 1. The number of rotatable bonds is 5. The summed E-state index contributed by atoms with van der Waals surface area (Å²) in [5.41, 5.74) is 0.743. The summed E-state index contributed by atoms with van der Waals surface area (Å²) in [5, 5.41) is 18.4. The van der Waals surface area contributed by atoms with Crippen LogP contribution in [-0.2, 0) is 4.79 Å². The van der Waals surface area contributed by atoms with Gasteiger partial charge in [0.1, 0.15) is 4.32 Å². The lowest BCUT2D eigenvalue weighted by Crippen LogP contribution is -2.29. The molecule has 0 aromatic heterocycles. The Kier molecular flexibility index (Phi) is 5.22. The molecule has 112 valence electrons. The molecule has 0 atom stereocenters. The molecule has 0 radical (unpaired) electrons. The number of ether oxygens (including phenoxy) is 1. The molecular formula is C14H15NO4S2. The van der Waals surface area contributed by atoms with E-state index in [1.54, 1.807) is 18.2 Å². The first-order chi connectivity index (χ1) is 10.1. The van der Waals surface area contributed by atoms with E-state index in [9.17, 15) is 9.90 Å². The molecule has 0 aliphatic carbocycles. The van der Waals surface area contributed by atoms with Crippen LogP contribution in [0.4, 0.5) is 0 Å². The largest absolute Gasteiger partial charge is 0.504 e. The van der Waals surface area contributed by atoms with Gasteiger partial charge in [0.25, 0.3) is 5.91 Å². The summed E-state index contributed by atoms with van der Waals surface area (Å²) >= 11 is 6.40. The van der Waals surface area contributed by atoms with Gasteiger partial charge in [-0.3, -0.25) is 9.69 Å². The van der Waals surface area contributed by atoms with E-state index in [1.807, 2.05) is 0 Å². The highest BCUT2D eigenvalue weighted by Crippen LogP contribution is 2.34. The molecule has 1 aliphatic heterocycles. The lowest BCUT2D eigenvalue weighted by atomic mass is 10.2. The SMILES string of the molecule is COc1cc(/C=C2\SC(=S)N(CCCO)C2=O)ccc1O. The van der Waals surface area contributed by atoms with Crippen LogP contribution in [0.5, 0.6) is 11.5 Å². The minimum absolute atomic E-state index is 0.0191. The molecule has 2 N–H and O–H groups in total. The third-order valence-corrected chi connectivity index (χ3v) is 4.29. The number of methoxy groups -OCH3 is 1. The van der Waals surface area contributed by atoms with Crippen LogP contribution < -0.4 is 4.74 Å². The van der Waals surface area contributed by atoms with Gasteiger partial charge < -0.3 is 14.9 Å². The Bertz CT molecular complexity index is 601. The molecule has 1 saturated heterocycles. The highest BCUT2D eigenvalue weighted by atomic mass is 32.2. The van der Waals surface area contributed by atoms with Crippen LogP contribution in [0.25, 0.3) is 6.08 Å². The molecule has 0 saturated carbocycles. The van der Waals surface area contributed by atoms with E-state index in [4.69, 9.17) is 22.1 Å². The summed E-state index contributed by atoms with van der Waals surface area (Å²) < 4.78 is 5.53. The van der Waals surface area contributed by atoms with Gasteiger partial charge in [0, 0.05) is 13.2 Å². The van der Waals surface area contributed by atoms with E-state index in [0.29, 0.717) is 27.9 Å². The maximum Gasteiger partial charge on any atom is 0.266 e. The number of thiocarbonyl (C=S) groups is 1. The molecule has 1 heterocycles. The smallest absolute Gasteiger partial charge is 0.266 e. The van der Waals surface area contributed by atoms with E-state index in [-0.39, 0.29) is 18.3 Å². The highest BCUT2D eigenvalue weighted by Gasteiger charge is 2.31. The van der Waals surface area contributed by atoms with Crippen LogP contribution in [0.3, 0.4) is 0 Å². The zero-order valence-corrected chi connectivity index (χ0v) is 13.0. The van der Waals surface area contributed by atoms with Crippen molar-refractivity contribution in [2.45, 2.75) is 6.42 Å². The molecule has 1 aliphatic rings. The van der Waals surface area contributed by atoms with Crippen molar-refractivity contribution >= 4 is 40.3 Å². The second kappa shape index (κ2) is 6.93. The minimum Gasteiger partial charge on any atom is -0.504 e. The van der Waals surface area contributed by atoms with Gasteiger partial charge in [-0.2, -0.15) is 0 Å². The Balaban J connectivity index is 2.22. The predicted molar refractivity (Wildman–Crippen MR) is 86.2 cm³/mol. The average Bonchev–Trinajstić information content (AvgIpc) is 2.73. The third-order valence-electron chi connectivity index (χ3n) is 2.91.